The van der Waals surface area contributed by atoms with Gasteiger partial charge in [0, 0.05) is 32.6 Å². The average Bonchev–Trinajstić information content (AvgIpc) is 2.82. The normalized spacial score (nSPS) is 31.2. The van der Waals surface area contributed by atoms with Crippen LogP contribution in [0.1, 0.15) is 32.4 Å². The smallest absolute Gasteiger partial charge is 0.220 e. The first kappa shape index (κ1) is 16.3. The van der Waals surface area contributed by atoms with E-state index in [1.807, 2.05) is 11.8 Å². The Bertz CT molecular complexity index is 580. The highest BCUT2D eigenvalue weighted by Crippen LogP contribution is 2.42. The first-order valence-corrected chi connectivity index (χ1v) is 8.16. The Hall–Kier alpha value is -1.53. The fourth-order valence-corrected chi connectivity index (χ4v) is 4.33. The van der Waals surface area contributed by atoms with Crippen LogP contribution in [-0.4, -0.2) is 57.1 Å². The van der Waals surface area contributed by atoms with Crippen molar-refractivity contribution in [3.05, 3.63) is 29.8 Å². The molecule has 23 heavy (non-hydrogen) atoms. The third-order valence-corrected chi connectivity index (χ3v) is 5.25. The van der Waals surface area contributed by atoms with E-state index in [4.69, 9.17) is 0 Å². The lowest BCUT2D eigenvalue weighted by molar-refractivity contribution is -0.137. The van der Waals surface area contributed by atoms with Crippen molar-refractivity contribution in [1.29, 1.82) is 0 Å². The van der Waals surface area contributed by atoms with Gasteiger partial charge in [-0.05, 0) is 37.8 Å². The molecule has 1 aromatic rings. The maximum atomic E-state index is 12.9. The van der Waals surface area contributed by atoms with Crippen LogP contribution in [0.2, 0.25) is 0 Å². The van der Waals surface area contributed by atoms with Gasteiger partial charge in [0.15, 0.2) is 0 Å². The number of pyridine rings is 1. The minimum Gasteiger partial charge on any atom is -0.394 e. The number of halogens is 1. The number of fused-ring (bicyclic) bond motifs is 1. The fraction of sp³-hybridized carbons (Fsp3) is 0.647. The van der Waals surface area contributed by atoms with E-state index in [1.54, 1.807) is 13.0 Å². The summed E-state index contributed by atoms with van der Waals surface area (Å²) in [5.41, 5.74) is 0.405. The van der Waals surface area contributed by atoms with Crippen LogP contribution in [0.5, 0.6) is 0 Å². The number of hydrogen-bond donors (Lipinski definition) is 1. The molecule has 2 saturated heterocycles. The van der Waals surface area contributed by atoms with Crippen molar-refractivity contribution in [2.24, 2.45) is 5.92 Å². The van der Waals surface area contributed by atoms with Gasteiger partial charge < -0.3 is 10.0 Å². The zero-order valence-corrected chi connectivity index (χ0v) is 13.7. The van der Waals surface area contributed by atoms with Gasteiger partial charge >= 0.3 is 0 Å². The molecule has 6 heteroatoms. The SMILES string of the molecule is CC(=O)N1[C@H]2CCN(Cc3ccc(F)cn3)C[C@@H]2C[C@]1(C)CO. The standard InChI is InChI=1S/C17H24FN3O2/c1-12(23)21-16-5-6-20(9-13(16)7-17(21,2)11-22)10-15-4-3-14(18)8-19-15/h3-4,8,13,16,22H,5-7,9-11H2,1-2H3/t13-,16-,17+/m0/s1. The monoisotopic (exact) mass is 321 g/mol. The molecule has 126 valence electrons. The van der Waals surface area contributed by atoms with Gasteiger partial charge in [-0.1, -0.05) is 0 Å². The average molecular weight is 321 g/mol. The second-order valence-corrected chi connectivity index (χ2v) is 7.07. The maximum absolute atomic E-state index is 12.9. The summed E-state index contributed by atoms with van der Waals surface area (Å²) in [5.74, 6) is 0.0898. The van der Waals surface area contributed by atoms with E-state index in [-0.39, 0.29) is 24.4 Å². The zero-order chi connectivity index (χ0) is 16.6. The largest absolute Gasteiger partial charge is 0.394 e. The van der Waals surface area contributed by atoms with E-state index in [9.17, 15) is 14.3 Å². The molecule has 3 heterocycles. The van der Waals surface area contributed by atoms with E-state index in [2.05, 4.69) is 9.88 Å². The maximum Gasteiger partial charge on any atom is 0.220 e. The molecule has 0 radical (unpaired) electrons. The van der Waals surface area contributed by atoms with Crippen LogP contribution in [-0.2, 0) is 11.3 Å². The van der Waals surface area contributed by atoms with Crippen molar-refractivity contribution in [2.75, 3.05) is 19.7 Å². The van der Waals surface area contributed by atoms with Crippen molar-refractivity contribution in [2.45, 2.75) is 44.8 Å². The number of carbonyl (C=O) groups is 1. The van der Waals surface area contributed by atoms with Crippen LogP contribution in [0.15, 0.2) is 18.3 Å². The van der Waals surface area contributed by atoms with Crippen LogP contribution < -0.4 is 0 Å². The Balaban J connectivity index is 1.69. The summed E-state index contributed by atoms with van der Waals surface area (Å²) in [6, 6.07) is 3.36. The molecule has 0 aliphatic carbocycles. The molecule has 2 aliphatic heterocycles. The summed E-state index contributed by atoms with van der Waals surface area (Å²) in [6.45, 7) is 6.01. The van der Waals surface area contributed by atoms with Gasteiger partial charge in [-0.25, -0.2) is 4.39 Å². The quantitative estimate of drug-likeness (QED) is 0.915. The minimum atomic E-state index is -0.453. The van der Waals surface area contributed by atoms with Crippen molar-refractivity contribution < 1.29 is 14.3 Å². The number of likely N-dealkylation sites (tertiary alicyclic amines) is 2. The molecule has 0 saturated carbocycles. The number of aliphatic hydroxyl groups excluding tert-OH is 1. The summed E-state index contributed by atoms with van der Waals surface area (Å²) in [7, 11) is 0. The van der Waals surface area contributed by atoms with Gasteiger partial charge in [-0.3, -0.25) is 14.7 Å². The third kappa shape index (κ3) is 3.10. The molecule has 1 aromatic heterocycles. The van der Waals surface area contributed by atoms with E-state index < -0.39 is 5.54 Å². The van der Waals surface area contributed by atoms with Gasteiger partial charge in [0.25, 0.3) is 0 Å². The van der Waals surface area contributed by atoms with Crippen molar-refractivity contribution in [1.82, 2.24) is 14.8 Å². The van der Waals surface area contributed by atoms with Crippen LogP contribution in [0.3, 0.4) is 0 Å². The molecule has 1 N–H and O–H groups in total. The summed E-state index contributed by atoms with van der Waals surface area (Å²) < 4.78 is 12.9. The first-order valence-electron chi connectivity index (χ1n) is 8.16. The number of piperidine rings is 1. The third-order valence-electron chi connectivity index (χ3n) is 5.25. The molecule has 3 atom stereocenters. The molecule has 0 aromatic carbocycles. The van der Waals surface area contributed by atoms with Crippen molar-refractivity contribution in [3.63, 3.8) is 0 Å². The van der Waals surface area contributed by atoms with Crippen LogP contribution in [0, 0.1) is 11.7 Å². The molecule has 0 unspecified atom stereocenters. The number of hydrogen-bond acceptors (Lipinski definition) is 4. The van der Waals surface area contributed by atoms with Crippen LogP contribution in [0.4, 0.5) is 4.39 Å². The number of amides is 1. The van der Waals surface area contributed by atoms with Crippen LogP contribution >= 0.6 is 0 Å². The number of carbonyl (C=O) groups excluding carboxylic acids is 1. The highest BCUT2D eigenvalue weighted by molar-refractivity contribution is 5.75. The second-order valence-electron chi connectivity index (χ2n) is 7.07. The highest BCUT2D eigenvalue weighted by Gasteiger charge is 2.51. The second kappa shape index (κ2) is 6.17. The fourth-order valence-electron chi connectivity index (χ4n) is 4.33. The van der Waals surface area contributed by atoms with Gasteiger partial charge in [-0.15, -0.1) is 0 Å². The molecule has 3 rings (SSSR count). The lowest BCUT2D eigenvalue weighted by Crippen LogP contribution is -2.52. The molecule has 5 nitrogen and oxygen atoms in total. The molecule has 2 fully saturated rings. The predicted molar refractivity (Wildman–Crippen MR) is 84.0 cm³/mol. The van der Waals surface area contributed by atoms with E-state index in [1.165, 1.54) is 12.3 Å². The molecule has 0 spiro atoms. The number of rotatable bonds is 3. The molecule has 0 bridgehead atoms. The summed E-state index contributed by atoms with van der Waals surface area (Å²) in [4.78, 5) is 20.4. The highest BCUT2D eigenvalue weighted by atomic mass is 19.1. The lowest BCUT2D eigenvalue weighted by Gasteiger charge is -2.40. The van der Waals surface area contributed by atoms with Crippen molar-refractivity contribution in [3.8, 4) is 0 Å². The topological polar surface area (TPSA) is 56.7 Å². The molecular weight excluding hydrogens is 297 g/mol. The predicted octanol–water partition coefficient (Wildman–Crippen LogP) is 1.41. The Morgan fingerprint density at radius 3 is 2.91 bits per heavy atom. The molecule has 2 aliphatic rings. The molecule has 1 amide bonds. The Kier molecular flexibility index (Phi) is 4.38. The van der Waals surface area contributed by atoms with E-state index in [0.29, 0.717) is 12.5 Å². The van der Waals surface area contributed by atoms with Gasteiger partial charge in [-0.2, -0.15) is 0 Å². The number of nitrogens with zero attached hydrogens (tertiary/aromatic N) is 3. The first-order chi connectivity index (χ1) is 10.9. The van der Waals surface area contributed by atoms with Crippen LogP contribution in [0.25, 0.3) is 0 Å². The minimum absolute atomic E-state index is 0.000895. The number of aromatic nitrogens is 1. The summed E-state index contributed by atoms with van der Waals surface area (Å²) in [5, 5.41) is 9.77. The van der Waals surface area contributed by atoms with E-state index >= 15 is 0 Å². The van der Waals surface area contributed by atoms with Gasteiger partial charge in [0.1, 0.15) is 5.82 Å². The summed E-state index contributed by atoms with van der Waals surface area (Å²) in [6.07, 6.45) is 2.97. The number of aliphatic hydroxyl groups is 1. The Morgan fingerprint density at radius 1 is 1.52 bits per heavy atom. The van der Waals surface area contributed by atoms with Gasteiger partial charge in [0.05, 0.1) is 24.0 Å². The van der Waals surface area contributed by atoms with Gasteiger partial charge in [0.2, 0.25) is 5.91 Å². The van der Waals surface area contributed by atoms with E-state index in [0.717, 1.165) is 31.6 Å². The Labute approximate surface area is 136 Å². The van der Waals surface area contributed by atoms with Crippen molar-refractivity contribution >= 4 is 5.91 Å². The lowest BCUT2D eigenvalue weighted by atomic mass is 9.89. The molecular formula is C17H24FN3O2. The Morgan fingerprint density at radius 2 is 2.30 bits per heavy atom. The zero-order valence-electron chi connectivity index (χ0n) is 13.7. The summed E-state index contributed by atoms with van der Waals surface area (Å²) >= 11 is 0.